The molecule has 0 unspecified atom stereocenters. The van der Waals surface area contributed by atoms with E-state index in [1.54, 1.807) is 0 Å². The SMILES string of the molecule is C[C@@H]1CCCC[C@@H]1N1C(=O)/C(=C/c2cc3c(cc2Br)OCO3)SC1=Nc1ccccc1. The van der Waals surface area contributed by atoms with Crippen LogP contribution in [0.5, 0.6) is 11.5 Å². The van der Waals surface area contributed by atoms with Gasteiger partial charge in [-0.05, 0) is 66.4 Å². The van der Waals surface area contributed by atoms with Crippen molar-refractivity contribution in [2.45, 2.75) is 38.6 Å². The van der Waals surface area contributed by atoms with Gasteiger partial charge in [0.2, 0.25) is 6.79 Å². The summed E-state index contributed by atoms with van der Waals surface area (Å²) in [6, 6.07) is 13.8. The zero-order valence-corrected chi connectivity index (χ0v) is 19.6. The van der Waals surface area contributed by atoms with Crippen LogP contribution in [-0.4, -0.2) is 28.8 Å². The third kappa shape index (κ3) is 4.13. The Hall–Kier alpha value is -2.25. The van der Waals surface area contributed by atoms with Gasteiger partial charge in [0.25, 0.3) is 5.91 Å². The molecule has 160 valence electrons. The maximum Gasteiger partial charge on any atom is 0.267 e. The Morgan fingerprint density at radius 2 is 1.87 bits per heavy atom. The summed E-state index contributed by atoms with van der Waals surface area (Å²) in [5.41, 5.74) is 1.74. The average Bonchev–Trinajstić information content (AvgIpc) is 3.34. The molecule has 1 aliphatic carbocycles. The van der Waals surface area contributed by atoms with Crippen LogP contribution in [0.4, 0.5) is 5.69 Å². The van der Waals surface area contributed by atoms with Gasteiger partial charge in [-0.15, -0.1) is 0 Å². The highest BCUT2D eigenvalue weighted by Crippen LogP contribution is 2.42. The summed E-state index contributed by atoms with van der Waals surface area (Å²) in [6.07, 6.45) is 6.46. The fraction of sp³-hybridized carbons (Fsp3) is 0.333. The van der Waals surface area contributed by atoms with Crippen molar-refractivity contribution in [2.75, 3.05) is 6.79 Å². The molecule has 2 aromatic rings. The molecule has 0 radical (unpaired) electrons. The number of rotatable bonds is 3. The van der Waals surface area contributed by atoms with E-state index in [9.17, 15) is 4.79 Å². The molecule has 0 aromatic heterocycles. The number of benzene rings is 2. The Bertz CT molecular complexity index is 1070. The maximum absolute atomic E-state index is 13.6. The normalized spacial score (nSPS) is 25.6. The number of para-hydroxylation sites is 1. The van der Waals surface area contributed by atoms with Gasteiger partial charge in [-0.25, -0.2) is 4.99 Å². The van der Waals surface area contributed by atoms with Crippen LogP contribution < -0.4 is 9.47 Å². The number of carbonyl (C=O) groups excluding carboxylic acids is 1. The van der Waals surface area contributed by atoms with Crippen molar-refractivity contribution in [1.29, 1.82) is 0 Å². The zero-order valence-electron chi connectivity index (χ0n) is 17.2. The number of fused-ring (bicyclic) bond motifs is 1. The Kier molecular flexibility index (Phi) is 5.80. The Morgan fingerprint density at radius 3 is 2.65 bits per heavy atom. The first-order valence-corrected chi connectivity index (χ1v) is 12.2. The molecule has 2 aromatic carbocycles. The smallest absolute Gasteiger partial charge is 0.267 e. The summed E-state index contributed by atoms with van der Waals surface area (Å²) in [6.45, 7) is 2.47. The number of thioether (sulfide) groups is 1. The molecule has 5 rings (SSSR count). The van der Waals surface area contributed by atoms with E-state index in [4.69, 9.17) is 14.5 Å². The van der Waals surface area contributed by atoms with Crippen LogP contribution in [0.1, 0.15) is 38.2 Å². The molecule has 1 saturated heterocycles. The molecule has 7 heteroatoms. The summed E-state index contributed by atoms with van der Waals surface area (Å²) < 4.78 is 11.8. The number of carbonyl (C=O) groups is 1. The highest BCUT2D eigenvalue weighted by molar-refractivity contribution is 9.10. The molecule has 3 aliphatic rings. The Balaban J connectivity index is 1.53. The van der Waals surface area contributed by atoms with Crippen molar-refractivity contribution >= 4 is 50.5 Å². The lowest BCUT2D eigenvalue weighted by Crippen LogP contribution is -2.44. The number of ether oxygens (including phenoxy) is 2. The topological polar surface area (TPSA) is 51.1 Å². The third-order valence-electron chi connectivity index (χ3n) is 5.99. The van der Waals surface area contributed by atoms with E-state index in [0.29, 0.717) is 22.3 Å². The van der Waals surface area contributed by atoms with Gasteiger partial charge in [-0.2, -0.15) is 0 Å². The number of hydrogen-bond acceptors (Lipinski definition) is 5. The van der Waals surface area contributed by atoms with Crippen molar-refractivity contribution in [3.8, 4) is 11.5 Å². The van der Waals surface area contributed by atoms with Crippen molar-refractivity contribution < 1.29 is 14.3 Å². The van der Waals surface area contributed by atoms with E-state index in [1.807, 2.05) is 53.4 Å². The quantitative estimate of drug-likeness (QED) is 0.461. The molecule has 2 aliphatic heterocycles. The predicted octanol–water partition coefficient (Wildman–Crippen LogP) is 6.36. The molecular weight excluding hydrogens is 476 g/mol. The molecule has 31 heavy (non-hydrogen) atoms. The van der Waals surface area contributed by atoms with Crippen LogP contribution in [0.3, 0.4) is 0 Å². The van der Waals surface area contributed by atoms with Gasteiger partial charge in [0, 0.05) is 10.5 Å². The van der Waals surface area contributed by atoms with Crippen molar-refractivity contribution in [3.63, 3.8) is 0 Å². The van der Waals surface area contributed by atoms with E-state index in [-0.39, 0.29) is 18.7 Å². The maximum atomic E-state index is 13.6. The highest BCUT2D eigenvalue weighted by atomic mass is 79.9. The lowest BCUT2D eigenvalue weighted by Gasteiger charge is -2.35. The van der Waals surface area contributed by atoms with Gasteiger partial charge in [-0.1, -0.05) is 53.9 Å². The van der Waals surface area contributed by atoms with Gasteiger partial charge < -0.3 is 9.47 Å². The lowest BCUT2D eigenvalue weighted by atomic mass is 9.85. The van der Waals surface area contributed by atoms with Crippen LogP contribution in [0.15, 0.2) is 56.8 Å². The minimum atomic E-state index is 0.0306. The van der Waals surface area contributed by atoms with Gasteiger partial charge in [0.15, 0.2) is 16.7 Å². The molecular formula is C24H23BrN2O3S. The first kappa shape index (κ1) is 20.6. The summed E-state index contributed by atoms with van der Waals surface area (Å²) in [7, 11) is 0. The molecule has 2 heterocycles. The van der Waals surface area contributed by atoms with E-state index in [1.165, 1.54) is 18.2 Å². The summed E-state index contributed by atoms with van der Waals surface area (Å²) in [4.78, 5) is 21.1. The number of aliphatic imine (C=N–C) groups is 1. The molecule has 2 fully saturated rings. The lowest BCUT2D eigenvalue weighted by molar-refractivity contribution is -0.124. The number of halogens is 1. The molecule has 0 spiro atoms. The van der Waals surface area contributed by atoms with Crippen molar-refractivity contribution in [2.24, 2.45) is 10.9 Å². The minimum absolute atomic E-state index is 0.0306. The molecule has 1 saturated carbocycles. The standard InChI is InChI=1S/C24H23BrN2O3S/c1-15-7-5-6-10-19(15)27-23(28)22(31-24(27)26-17-8-3-2-4-9-17)12-16-11-20-21(13-18(16)25)30-14-29-20/h2-4,8-9,11-13,15,19H,5-7,10,14H2,1H3/b22-12-,26-24?/t15-,19+/m1/s1. The highest BCUT2D eigenvalue weighted by Gasteiger charge is 2.41. The second-order valence-corrected chi connectivity index (χ2v) is 9.94. The first-order valence-electron chi connectivity index (χ1n) is 10.6. The van der Waals surface area contributed by atoms with Crippen LogP contribution in [0.25, 0.3) is 6.08 Å². The van der Waals surface area contributed by atoms with E-state index in [2.05, 4.69) is 22.9 Å². The molecule has 0 N–H and O–H groups in total. The number of nitrogens with zero attached hydrogens (tertiary/aromatic N) is 2. The Labute approximate surface area is 194 Å². The number of hydrogen-bond donors (Lipinski definition) is 0. The first-order chi connectivity index (χ1) is 15.1. The molecule has 1 amide bonds. The third-order valence-corrected chi connectivity index (χ3v) is 7.66. The number of amidine groups is 1. The second-order valence-electron chi connectivity index (χ2n) is 8.07. The van der Waals surface area contributed by atoms with Crippen LogP contribution in [0.2, 0.25) is 0 Å². The van der Waals surface area contributed by atoms with Crippen molar-refractivity contribution in [3.05, 3.63) is 57.4 Å². The summed E-state index contributed by atoms with van der Waals surface area (Å²) in [5, 5.41) is 0.762. The van der Waals surface area contributed by atoms with Gasteiger partial charge in [-0.3, -0.25) is 9.69 Å². The predicted molar refractivity (Wildman–Crippen MR) is 128 cm³/mol. The van der Waals surface area contributed by atoms with E-state index in [0.717, 1.165) is 40.2 Å². The van der Waals surface area contributed by atoms with Crippen LogP contribution >= 0.6 is 27.7 Å². The summed E-state index contributed by atoms with van der Waals surface area (Å²) in [5.74, 6) is 1.89. The Morgan fingerprint density at radius 1 is 1.13 bits per heavy atom. The number of amides is 1. The van der Waals surface area contributed by atoms with E-state index >= 15 is 0 Å². The van der Waals surface area contributed by atoms with Crippen molar-refractivity contribution in [1.82, 2.24) is 4.90 Å². The van der Waals surface area contributed by atoms with Gasteiger partial charge in [0.1, 0.15) is 0 Å². The fourth-order valence-corrected chi connectivity index (χ4v) is 5.81. The summed E-state index contributed by atoms with van der Waals surface area (Å²) >= 11 is 5.05. The van der Waals surface area contributed by atoms with Gasteiger partial charge in [0.05, 0.1) is 10.6 Å². The zero-order chi connectivity index (χ0) is 21.4. The largest absolute Gasteiger partial charge is 0.454 e. The monoisotopic (exact) mass is 498 g/mol. The molecule has 5 nitrogen and oxygen atoms in total. The van der Waals surface area contributed by atoms with Crippen LogP contribution in [-0.2, 0) is 4.79 Å². The second kappa shape index (κ2) is 8.71. The fourth-order valence-electron chi connectivity index (χ4n) is 4.34. The molecule has 0 bridgehead atoms. The molecule has 2 atom stereocenters. The van der Waals surface area contributed by atoms with Gasteiger partial charge >= 0.3 is 0 Å². The van der Waals surface area contributed by atoms with Crippen LogP contribution in [0, 0.1) is 5.92 Å². The minimum Gasteiger partial charge on any atom is -0.454 e. The van der Waals surface area contributed by atoms with E-state index < -0.39 is 0 Å². The average molecular weight is 499 g/mol.